The average molecular weight is 414 g/mol. The van der Waals surface area contributed by atoms with Gasteiger partial charge in [0.2, 0.25) is 0 Å². The van der Waals surface area contributed by atoms with Gasteiger partial charge in [0.25, 0.3) is 9.04 Å². The Balaban J connectivity index is 2.62. The van der Waals surface area contributed by atoms with Crippen molar-refractivity contribution in [2.45, 2.75) is 79.8 Å². The lowest BCUT2D eigenvalue weighted by Crippen LogP contribution is -2.24. The third-order valence-corrected chi connectivity index (χ3v) is 6.73. The van der Waals surface area contributed by atoms with Gasteiger partial charge in [0.15, 0.2) is 5.78 Å². The van der Waals surface area contributed by atoms with E-state index in [9.17, 15) is 9.59 Å². The smallest absolute Gasteiger partial charge is 0.306 e. The Kier molecular flexibility index (Phi) is 9.13. The maximum absolute atomic E-state index is 12.6. The molecule has 1 atom stereocenters. The van der Waals surface area contributed by atoms with Gasteiger partial charge in [-0.1, -0.05) is 41.0 Å². The van der Waals surface area contributed by atoms with Crippen LogP contribution in [0.15, 0.2) is 10.7 Å². The number of Topliss-reactive ketones (excluding diaryl/α,β-unsaturated/α-hetero) is 1. The van der Waals surface area contributed by atoms with Crippen molar-refractivity contribution in [1.82, 2.24) is 0 Å². The molecule has 0 aromatic heterocycles. The summed E-state index contributed by atoms with van der Waals surface area (Å²) < 4.78 is 11.0. The van der Waals surface area contributed by atoms with E-state index in [1.165, 1.54) is 7.11 Å². The Labute approximate surface area is 171 Å². The number of ether oxygens (including phenoxy) is 1. The highest BCUT2D eigenvalue weighted by molar-refractivity contribution is 8.04. The van der Waals surface area contributed by atoms with Crippen molar-refractivity contribution in [3.8, 4) is 0 Å². The van der Waals surface area contributed by atoms with Gasteiger partial charge in [-0.05, 0) is 42.5 Å². The highest BCUT2D eigenvalue weighted by Gasteiger charge is 2.41. The van der Waals surface area contributed by atoms with Gasteiger partial charge in [-0.15, -0.1) is 11.8 Å². The molecule has 0 N–H and O–H groups in total. The molecule has 0 saturated carbocycles. The van der Waals surface area contributed by atoms with Crippen molar-refractivity contribution < 1.29 is 18.8 Å². The topological polar surface area (TPSA) is 52.6 Å². The van der Waals surface area contributed by atoms with E-state index in [2.05, 4.69) is 47.7 Å². The average Bonchev–Trinajstić information content (AvgIpc) is 2.82. The summed E-state index contributed by atoms with van der Waals surface area (Å²) in [6, 6.07) is 0. The third kappa shape index (κ3) is 8.02. The lowest BCUT2D eigenvalue weighted by atomic mass is 9.79. The second kappa shape index (κ2) is 10.1. The van der Waals surface area contributed by atoms with Gasteiger partial charge in [0.05, 0.1) is 18.4 Å². The summed E-state index contributed by atoms with van der Waals surface area (Å²) in [7, 11) is 0.536. The van der Waals surface area contributed by atoms with Crippen LogP contribution in [0.25, 0.3) is 0 Å². The molecule has 6 heteroatoms. The van der Waals surface area contributed by atoms with Crippen LogP contribution in [0.3, 0.4) is 0 Å². The first-order valence-corrected chi connectivity index (χ1v) is 13.2. The molecule has 0 fully saturated rings. The maximum atomic E-state index is 12.6. The number of rotatable bonds is 10. The molecule has 1 aliphatic rings. The van der Waals surface area contributed by atoms with E-state index in [0.29, 0.717) is 12.8 Å². The summed E-state index contributed by atoms with van der Waals surface area (Å²) in [6.07, 6.45) is 4.05. The van der Waals surface area contributed by atoms with E-state index in [4.69, 9.17) is 9.16 Å². The van der Waals surface area contributed by atoms with Gasteiger partial charge in [0.1, 0.15) is 5.76 Å². The molecule has 0 amide bonds. The fraction of sp³-hybridized carbons (Fsp3) is 0.810. The molecule has 27 heavy (non-hydrogen) atoms. The molecule has 1 aliphatic carbocycles. The van der Waals surface area contributed by atoms with Gasteiger partial charge in [-0.3, -0.25) is 9.59 Å². The molecule has 0 bridgehead atoms. The summed E-state index contributed by atoms with van der Waals surface area (Å²) in [5.41, 5.74) is -0.0178. The number of allylic oxidation sites excluding steroid dienone is 2. The van der Waals surface area contributed by atoms with E-state index in [1.54, 1.807) is 11.8 Å². The van der Waals surface area contributed by atoms with Crippen LogP contribution in [0.1, 0.15) is 66.7 Å². The van der Waals surface area contributed by atoms with E-state index in [1.807, 2.05) is 0 Å². The second-order valence-corrected chi connectivity index (χ2v) is 12.6. The number of ketones is 1. The van der Waals surface area contributed by atoms with Gasteiger partial charge in [-0.2, -0.15) is 0 Å². The zero-order chi connectivity index (χ0) is 20.8. The Hall–Kier alpha value is -0.753. The number of hydrogen-bond donors (Lipinski definition) is 0. The van der Waals surface area contributed by atoms with Crippen LogP contribution in [0.4, 0.5) is 0 Å². The van der Waals surface area contributed by atoms with E-state index < -0.39 is 9.04 Å². The van der Waals surface area contributed by atoms with Crippen LogP contribution >= 0.6 is 11.8 Å². The van der Waals surface area contributed by atoms with Crippen molar-refractivity contribution >= 4 is 32.6 Å². The second-order valence-electron chi connectivity index (χ2n) is 9.47. The molecular weight excluding hydrogens is 376 g/mol. The normalized spacial score (nSPS) is 18.4. The number of methoxy groups -OCH3 is 1. The van der Waals surface area contributed by atoms with Gasteiger partial charge >= 0.3 is 5.97 Å². The van der Waals surface area contributed by atoms with Gasteiger partial charge in [-0.25, -0.2) is 0 Å². The van der Waals surface area contributed by atoms with Crippen LogP contribution in [0.5, 0.6) is 0 Å². The molecular formula is C21H37O4SSi. The SMILES string of the molecule is COC(=O)CC(C)(C)CCCCSC1=C(O[Si](C)C)C(C(C)(C)C)CC1=O. The summed E-state index contributed by atoms with van der Waals surface area (Å²) in [4.78, 5) is 24.9. The Morgan fingerprint density at radius 3 is 2.33 bits per heavy atom. The minimum Gasteiger partial charge on any atom is -0.544 e. The van der Waals surface area contributed by atoms with Crippen LogP contribution in [0.2, 0.25) is 13.1 Å². The first-order valence-electron chi connectivity index (χ1n) is 9.82. The molecule has 0 heterocycles. The third-order valence-electron chi connectivity index (χ3n) is 4.89. The monoisotopic (exact) mass is 413 g/mol. The Bertz CT molecular complexity index is 561. The molecule has 0 spiro atoms. The number of thioether (sulfide) groups is 1. The van der Waals surface area contributed by atoms with E-state index >= 15 is 0 Å². The zero-order valence-corrected chi connectivity index (χ0v) is 20.2. The zero-order valence-electron chi connectivity index (χ0n) is 18.4. The first kappa shape index (κ1) is 24.3. The number of unbranched alkanes of at least 4 members (excludes halogenated alkanes) is 1. The fourth-order valence-corrected chi connectivity index (χ4v) is 5.17. The molecule has 0 saturated heterocycles. The minimum atomic E-state index is -0.900. The van der Waals surface area contributed by atoms with Crippen molar-refractivity contribution in [2.75, 3.05) is 12.9 Å². The highest BCUT2D eigenvalue weighted by Crippen LogP contribution is 2.45. The highest BCUT2D eigenvalue weighted by atomic mass is 32.2. The molecule has 0 aromatic rings. The van der Waals surface area contributed by atoms with Crippen molar-refractivity contribution in [2.24, 2.45) is 16.7 Å². The fourth-order valence-electron chi connectivity index (χ4n) is 3.29. The van der Waals surface area contributed by atoms with Crippen molar-refractivity contribution in [1.29, 1.82) is 0 Å². The summed E-state index contributed by atoms with van der Waals surface area (Å²) >= 11 is 1.66. The van der Waals surface area contributed by atoms with Crippen LogP contribution in [0, 0.1) is 16.7 Å². The largest absolute Gasteiger partial charge is 0.544 e. The first-order chi connectivity index (χ1) is 12.4. The molecule has 155 valence electrons. The Morgan fingerprint density at radius 2 is 1.81 bits per heavy atom. The molecule has 1 unspecified atom stereocenters. The lowest BCUT2D eigenvalue weighted by Gasteiger charge is -2.29. The lowest BCUT2D eigenvalue weighted by molar-refractivity contribution is -0.143. The minimum absolute atomic E-state index is 0.0303. The van der Waals surface area contributed by atoms with Gasteiger partial charge in [0, 0.05) is 12.3 Å². The molecule has 1 radical (unpaired) electrons. The summed E-state index contributed by atoms with van der Waals surface area (Å²) in [6.45, 7) is 15.0. The predicted octanol–water partition coefficient (Wildman–Crippen LogP) is 5.59. The Morgan fingerprint density at radius 1 is 1.19 bits per heavy atom. The van der Waals surface area contributed by atoms with Crippen LogP contribution in [-0.4, -0.2) is 33.7 Å². The number of carbonyl (C=O) groups is 2. The van der Waals surface area contributed by atoms with Crippen LogP contribution in [-0.2, 0) is 18.8 Å². The van der Waals surface area contributed by atoms with Crippen molar-refractivity contribution in [3.63, 3.8) is 0 Å². The number of esters is 1. The number of hydrogen-bond acceptors (Lipinski definition) is 5. The van der Waals surface area contributed by atoms with Crippen molar-refractivity contribution in [3.05, 3.63) is 10.7 Å². The summed E-state index contributed by atoms with van der Waals surface area (Å²) in [5, 5.41) is 0. The standard InChI is InChI=1S/C21H37O4SSi/c1-20(2,3)15-13-16(22)19(18(15)25-27(7)8)26-12-10-9-11-21(4,5)14-17(23)24-6/h15H,9-14H2,1-8H3. The molecule has 0 aromatic carbocycles. The predicted molar refractivity (Wildman–Crippen MR) is 115 cm³/mol. The molecule has 0 aliphatic heterocycles. The van der Waals surface area contributed by atoms with E-state index in [-0.39, 0.29) is 28.5 Å². The number of carbonyl (C=O) groups excluding carboxylic acids is 2. The quantitative estimate of drug-likeness (QED) is 0.265. The van der Waals surface area contributed by atoms with E-state index in [0.717, 1.165) is 35.7 Å². The summed E-state index contributed by atoms with van der Waals surface area (Å²) in [5.74, 6) is 2.13. The van der Waals surface area contributed by atoms with Gasteiger partial charge < -0.3 is 9.16 Å². The molecule has 4 nitrogen and oxygen atoms in total. The maximum Gasteiger partial charge on any atom is 0.306 e. The van der Waals surface area contributed by atoms with Crippen LogP contribution < -0.4 is 0 Å². The molecule has 1 rings (SSSR count).